The van der Waals surface area contributed by atoms with Gasteiger partial charge in [0, 0.05) is 25.2 Å². The number of hydrogen-bond acceptors (Lipinski definition) is 7. The number of rotatable bonds is 6. The number of benzene rings is 1. The van der Waals surface area contributed by atoms with Crippen molar-refractivity contribution >= 4 is 28.8 Å². The van der Waals surface area contributed by atoms with Gasteiger partial charge in [0.25, 0.3) is 0 Å². The Labute approximate surface area is 207 Å². The molecule has 198 valence electrons. The van der Waals surface area contributed by atoms with E-state index < -0.39 is 17.3 Å². The predicted molar refractivity (Wildman–Crippen MR) is 126 cm³/mol. The number of hydrogen-bond donors (Lipinski definition) is 3. The van der Waals surface area contributed by atoms with Crippen molar-refractivity contribution in [2.45, 2.75) is 76.4 Å². The first-order chi connectivity index (χ1) is 16.9. The highest BCUT2D eigenvalue weighted by molar-refractivity contribution is 5.90. The molecule has 0 unspecified atom stereocenters. The van der Waals surface area contributed by atoms with Gasteiger partial charge in [-0.15, -0.1) is 0 Å². The molecule has 12 heteroatoms. The number of alkyl halides is 3. The van der Waals surface area contributed by atoms with Gasteiger partial charge in [0.2, 0.25) is 5.91 Å². The van der Waals surface area contributed by atoms with Crippen LogP contribution in [-0.4, -0.2) is 65.4 Å². The van der Waals surface area contributed by atoms with E-state index in [0.717, 1.165) is 50.9 Å². The summed E-state index contributed by atoms with van der Waals surface area (Å²) < 4.78 is 49.3. The van der Waals surface area contributed by atoms with Crippen molar-refractivity contribution in [3.8, 4) is 0 Å². The molecule has 0 bridgehead atoms. The van der Waals surface area contributed by atoms with Gasteiger partial charge in [0.15, 0.2) is 11.4 Å². The number of ether oxygens (including phenoxy) is 1. The van der Waals surface area contributed by atoms with E-state index in [1.54, 1.807) is 0 Å². The Hall–Kier alpha value is -3.02. The van der Waals surface area contributed by atoms with Crippen molar-refractivity contribution < 1.29 is 32.0 Å². The number of carbonyl (C=O) groups excluding carboxylic acids is 2. The molecule has 2 amide bonds. The Kier molecular flexibility index (Phi) is 7.35. The van der Waals surface area contributed by atoms with Crippen molar-refractivity contribution in [3.63, 3.8) is 0 Å². The van der Waals surface area contributed by atoms with Crippen molar-refractivity contribution in [1.82, 2.24) is 20.7 Å². The lowest BCUT2D eigenvalue weighted by molar-refractivity contribution is -0.137. The number of fused-ring (bicyclic) bond motifs is 1. The zero-order valence-electron chi connectivity index (χ0n) is 20.6. The van der Waals surface area contributed by atoms with Crippen LogP contribution in [0, 0.1) is 0 Å². The molecule has 1 aromatic heterocycles. The van der Waals surface area contributed by atoms with E-state index in [4.69, 9.17) is 9.26 Å². The summed E-state index contributed by atoms with van der Waals surface area (Å²) in [5.41, 5.74) is -1.13. The van der Waals surface area contributed by atoms with E-state index in [0.29, 0.717) is 6.04 Å². The molecule has 2 aromatic rings. The van der Waals surface area contributed by atoms with Crippen LogP contribution < -0.4 is 16.0 Å². The Bertz CT molecular complexity index is 1080. The Morgan fingerprint density at radius 1 is 1.08 bits per heavy atom. The lowest BCUT2D eigenvalue weighted by Gasteiger charge is -2.46. The second-order valence-electron chi connectivity index (χ2n) is 10.5. The summed E-state index contributed by atoms with van der Waals surface area (Å²) in [5, 5.41) is 12.6. The highest BCUT2D eigenvalue weighted by atomic mass is 19.4. The summed E-state index contributed by atoms with van der Waals surface area (Å²) in [6.07, 6.45) is -1.19. The SMILES string of the molecule is CC(C)(C)OC(=O)NC1CCC(N2CC(NC(=O)CNc3noc4ccc(C(F)(F)F)cc34)C2)CC1. The maximum atomic E-state index is 13.0. The third-order valence-electron chi connectivity index (χ3n) is 6.42. The molecular formula is C24H32F3N5O4. The largest absolute Gasteiger partial charge is 0.444 e. The third-order valence-corrected chi connectivity index (χ3v) is 6.42. The molecule has 3 N–H and O–H groups in total. The van der Waals surface area contributed by atoms with Gasteiger partial charge in [-0.05, 0) is 64.7 Å². The lowest BCUT2D eigenvalue weighted by Crippen LogP contribution is -2.63. The zero-order valence-corrected chi connectivity index (χ0v) is 20.6. The average Bonchev–Trinajstić information content (AvgIpc) is 3.15. The van der Waals surface area contributed by atoms with E-state index >= 15 is 0 Å². The number of anilines is 1. The minimum absolute atomic E-state index is 0.0165. The van der Waals surface area contributed by atoms with E-state index in [-0.39, 0.29) is 47.4 Å². The van der Waals surface area contributed by atoms with Gasteiger partial charge in [-0.25, -0.2) is 4.79 Å². The van der Waals surface area contributed by atoms with E-state index in [1.165, 1.54) is 6.07 Å². The number of carbonyl (C=O) groups is 2. The van der Waals surface area contributed by atoms with E-state index in [9.17, 15) is 22.8 Å². The number of amides is 2. The highest BCUT2D eigenvalue weighted by Gasteiger charge is 2.36. The maximum absolute atomic E-state index is 13.0. The smallest absolute Gasteiger partial charge is 0.416 e. The van der Waals surface area contributed by atoms with Gasteiger partial charge in [0.1, 0.15) is 5.60 Å². The molecule has 9 nitrogen and oxygen atoms in total. The number of halogens is 3. The quantitative estimate of drug-likeness (QED) is 0.540. The van der Waals surface area contributed by atoms with Gasteiger partial charge < -0.3 is 25.2 Å². The van der Waals surface area contributed by atoms with Crippen molar-refractivity contribution in [2.24, 2.45) is 0 Å². The van der Waals surface area contributed by atoms with Crippen molar-refractivity contribution in [1.29, 1.82) is 0 Å². The molecule has 1 aliphatic carbocycles. The van der Waals surface area contributed by atoms with Crippen LogP contribution in [0.2, 0.25) is 0 Å². The zero-order chi connectivity index (χ0) is 26.1. The molecule has 1 saturated carbocycles. The lowest BCUT2D eigenvalue weighted by atomic mass is 9.88. The van der Waals surface area contributed by atoms with E-state index in [1.807, 2.05) is 20.8 Å². The molecule has 1 aliphatic heterocycles. The normalized spacial score (nSPS) is 21.6. The monoisotopic (exact) mass is 511 g/mol. The summed E-state index contributed by atoms with van der Waals surface area (Å²) in [5.74, 6) is -0.175. The van der Waals surface area contributed by atoms with Crippen LogP contribution in [0.25, 0.3) is 11.0 Å². The van der Waals surface area contributed by atoms with Gasteiger partial charge in [0.05, 0.1) is 23.5 Å². The van der Waals surface area contributed by atoms with Crippen LogP contribution in [0.15, 0.2) is 22.7 Å². The van der Waals surface area contributed by atoms with Crippen LogP contribution in [0.1, 0.15) is 52.0 Å². The fraction of sp³-hybridized carbons (Fsp3) is 0.625. The Balaban J connectivity index is 1.16. The molecule has 1 saturated heterocycles. The Morgan fingerprint density at radius 2 is 1.78 bits per heavy atom. The standard InChI is InChI=1S/C24H32F3N5O4/c1-23(2,3)35-22(34)30-15-5-7-17(8-6-15)32-12-16(13-32)29-20(33)11-28-21-18-10-14(24(25,26)27)4-9-19(18)36-31-21/h4,9-10,15-17H,5-8,11-13H2,1-3H3,(H,28,31)(H,29,33)(H,30,34). The summed E-state index contributed by atoms with van der Waals surface area (Å²) in [6, 6.07) is 3.63. The molecule has 2 fully saturated rings. The number of likely N-dealkylation sites (tertiary alicyclic amines) is 1. The number of nitrogens with zero attached hydrogens (tertiary/aromatic N) is 2. The third kappa shape index (κ3) is 6.59. The van der Waals surface area contributed by atoms with Crippen LogP contribution in [0.5, 0.6) is 0 Å². The number of alkyl carbamates (subject to hydrolysis) is 1. The fourth-order valence-electron chi connectivity index (χ4n) is 4.65. The molecule has 0 spiro atoms. The minimum Gasteiger partial charge on any atom is -0.444 e. The summed E-state index contributed by atoms with van der Waals surface area (Å²) >= 11 is 0. The molecule has 2 heterocycles. The first kappa shape index (κ1) is 26.1. The summed E-state index contributed by atoms with van der Waals surface area (Å²) in [4.78, 5) is 26.6. The van der Waals surface area contributed by atoms with E-state index in [2.05, 4.69) is 26.0 Å². The molecule has 2 aliphatic rings. The first-order valence-corrected chi connectivity index (χ1v) is 12.1. The van der Waals surface area contributed by atoms with Crippen LogP contribution in [-0.2, 0) is 15.7 Å². The number of aromatic nitrogens is 1. The Morgan fingerprint density at radius 3 is 2.42 bits per heavy atom. The molecule has 4 rings (SSSR count). The summed E-state index contributed by atoms with van der Waals surface area (Å²) in [7, 11) is 0. The van der Waals surface area contributed by atoms with Crippen LogP contribution in [0.4, 0.5) is 23.8 Å². The molecular weight excluding hydrogens is 479 g/mol. The van der Waals surface area contributed by atoms with Gasteiger partial charge >= 0.3 is 12.3 Å². The predicted octanol–water partition coefficient (Wildman–Crippen LogP) is 3.89. The molecule has 0 atom stereocenters. The molecule has 1 aromatic carbocycles. The van der Waals surface area contributed by atoms with Crippen molar-refractivity contribution in [2.75, 3.05) is 25.0 Å². The van der Waals surface area contributed by atoms with Gasteiger partial charge in [-0.1, -0.05) is 5.16 Å². The van der Waals surface area contributed by atoms with Crippen molar-refractivity contribution in [3.05, 3.63) is 23.8 Å². The maximum Gasteiger partial charge on any atom is 0.416 e. The van der Waals surface area contributed by atoms with Gasteiger partial charge in [-0.2, -0.15) is 13.2 Å². The molecule has 36 heavy (non-hydrogen) atoms. The van der Waals surface area contributed by atoms with Crippen LogP contribution >= 0.6 is 0 Å². The first-order valence-electron chi connectivity index (χ1n) is 12.1. The molecule has 0 radical (unpaired) electrons. The van der Waals surface area contributed by atoms with Gasteiger partial charge in [-0.3, -0.25) is 9.69 Å². The second kappa shape index (κ2) is 10.2. The topological polar surface area (TPSA) is 109 Å². The number of nitrogens with one attached hydrogen (secondary N) is 3. The van der Waals surface area contributed by atoms with Crippen LogP contribution in [0.3, 0.4) is 0 Å². The minimum atomic E-state index is -4.48. The average molecular weight is 512 g/mol. The second-order valence-corrected chi connectivity index (χ2v) is 10.5. The highest BCUT2D eigenvalue weighted by Crippen LogP contribution is 2.33. The summed E-state index contributed by atoms with van der Waals surface area (Å²) in [6.45, 7) is 6.85. The fourth-order valence-corrected chi connectivity index (χ4v) is 4.65.